The minimum atomic E-state index is -4.74. The van der Waals surface area contributed by atoms with Gasteiger partial charge in [-0.2, -0.15) is 26.3 Å². The Labute approximate surface area is 208 Å². The van der Waals surface area contributed by atoms with Crippen molar-refractivity contribution in [2.75, 3.05) is 10.8 Å². The number of fused-ring (bicyclic) bond motifs is 1. The Kier molecular flexibility index (Phi) is 6.12. The molecule has 12 heteroatoms. The molecule has 0 saturated heterocycles. The molecule has 0 spiro atoms. The van der Waals surface area contributed by atoms with Crippen LogP contribution in [0.5, 0.6) is 5.75 Å². The first kappa shape index (κ1) is 25.4. The molecule has 1 atom stereocenters. The summed E-state index contributed by atoms with van der Waals surface area (Å²) in [5.74, 6) is 0.256. The van der Waals surface area contributed by atoms with E-state index in [1.165, 1.54) is 30.3 Å². The van der Waals surface area contributed by atoms with Crippen LogP contribution in [0.3, 0.4) is 0 Å². The lowest BCUT2D eigenvalue weighted by molar-refractivity contribution is -0.141. The van der Waals surface area contributed by atoms with Crippen molar-refractivity contribution in [3.05, 3.63) is 71.9 Å². The molecule has 5 rings (SSSR count). The Morgan fingerprint density at radius 2 is 1.62 bits per heavy atom. The largest absolute Gasteiger partial charge is 0.486 e. The molecule has 1 aromatic heterocycles. The minimum absolute atomic E-state index is 0.0182. The third-order valence-electron chi connectivity index (χ3n) is 6.61. The van der Waals surface area contributed by atoms with Gasteiger partial charge in [0.25, 0.3) is 10.0 Å². The second kappa shape index (κ2) is 8.93. The zero-order valence-electron chi connectivity index (χ0n) is 19.1. The Bertz CT molecular complexity index is 1430. The van der Waals surface area contributed by atoms with Crippen molar-refractivity contribution in [1.29, 1.82) is 0 Å². The average molecular weight is 543 g/mol. The quantitative estimate of drug-likeness (QED) is 0.351. The molecule has 2 aliphatic rings. The number of pyridine rings is 1. The van der Waals surface area contributed by atoms with Gasteiger partial charge in [0.15, 0.2) is 0 Å². The molecule has 1 aliphatic heterocycles. The van der Waals surface area contributed by atoms with E-state index in [1.54, 1.807) is 0 Å². The Hall–Kier alpha value is -3.28. The van der Waals surface area contributed by atoms with Crippen LogP contribution in [-0.2, 0) is 22.4 Å². The van der Waals surface area contributed by atoms with Crippen molar-refractivity contribution in [2.45, 2.75) is 42.6 Å². The third-order valence-corrected chi connectivity index (χ3v) is 8.39. The van der Waals surface area contributed by atoms with E-state index in [0.717, 1.165) is 47.8 Å². The molecule has 3 aromatic rings. The molecule has 1 unspecified atom stereocenters. The van der Waals surface area contributed by atoms with E-state index in [0.29, 0.717) is 6.07 Å². The predicted octanol–water partition coefficient (Wildman–Crippen LogP) is 6.54. The van der Waals surface area contributed by atoms with Gasteiger partial charge in [-0.1, -0.05) is 18.6 Å². The molecule has 0 radical (unpaired) electrons. The molecule has 1 fully saturated rings. The Morgan fingerprint density at radius 3 is 2.27 bits per heavy atom. The average Bonchev–Trinajstić information content (AvgIpc) is 2.81. The number of rotatable bonds is 4. The van der Waals surface area contributed by atoms with Crippen LogP contribution in [0.4, 0.5) is 32.0 Å². The monoisotopic (exact) mass is 542 g/mol. The van der Waals surface area contributed by atoms with Gasteiger partial charge in [0, 0.05) is 5.56 Å². The molecule has 2 aromatic carbocycles. The topological polar surface area (TPSA) is 59.5 Å². The van der Waals surface area contributed by atoms with Gasteiger partial charge in [0.05, 0.1) is 28.4 Å². The summed E-state index contributed by atoms with van der Waals surface area (Å²) in [4.78, 5) is 3.10. The van der Waals surface area contributed by atoms with E-state index in [-0.39, 0.29) is 35.2 Å². The molecule has 1 saturated carbocycles. The standard InChI is InChI=1S/C25H20F6N2O3S/c26-24(27,28)17-6-2-7-18(13-17)37(34,35)33-14-22(15-4-1-5-15)36-21-11-10-16(12-20(21)33)19-8-3-9-23(32-19)25(29,30)31/h2-3,6-13,15,22H,1,4-5,14H2. The van der Waals surface area contributed by atoms with E-state index < -0.39 is 44.6 Å². The van der Waals surface area contributed by atoms with Crippen molar-refractivity contribution < 1.29 is 39.5 Å². The van der Waals surface area contributed by atoms with Gasteiger partial charge in [-0.3, -0.25) is 4.31 Å². The lowest BCUT2D eigenvalue weighted by Crippen LogP contribution is -2.48. The van der Waals surface area contributed by atoms with Crippen molar-refractivity contribution in [3.63, 3.8) is 0 Å². The first-order valence-electron chi connectivity index (χ1n) is 11.4. The van der Waals surface area contributed by atoms with Crippen LogP contribution >= 0.6 is 0 Å². The maximum absolute atomic E-state index is 13.7. The van der Waals surface area contributed by atoms with Crippen LogP contribution in [0, 0.1) is 5.92 Å². The van der Waals surface area contributed by atoms with Gasteiger partial charge in [-0.25, -0.2) is 13.4 Å². The van der Waals surface area contributed by atoms with Crippen LogP contribution in [0.2, 0.25) is 0 Å². The molecular formula is C25H20F6N2O3S. The highest BCUT2D eigenvalue weighted by molar-refractivity contribution is 7.92. The predicted molar refractivity (Wildman–Crippen MR) is 122 cm³/mol. The SMILES string of the molecule is O=S(=O)(c1cccc(C(F)(F)F)c1)N1CC(C2CCC2)Oc2ccc(-c3cccc(C(F)(F)F)n3)cc21. The van der Waals surface area contributed by atoms with E-state index in [1.807, 2.05) is 0 Å². The summed E-state index contributed by atoms with van der Waals surface area (Å²) in [6, 6.07) is 11.1. The first-order valence-corrected chi connectivity index (χ1v) is 12.8. The summed E-state index contributed by atoms with van der Waals surface area (Å²) in [5.41, 5.74) is -2.06. The number of alkyl halides is 6. The highest BCUT2D eigenvalue weighted by atomic mass is 32.2. The minimum Gasteiger partial charge on any atom is -0.486 e. The number of hydrogen-bond donors (Lipinski definition) is 0. The van der Waals surface area contributed by atoms with Gasteiger partial charge >= 0.3 is 12.4 Å². The highest BCUT2D eigenvalue weighted by Gasteiger charge is 2.41. The van der Waals surface area contributed by atoms with Crippen LogP contribution in [0.15, 0.2) is 65.6 Å². The molecule has 0 bridgehead atoms. The first-order chi connectivity index (χ1) is 17.3. The summed E-state index contributed by atoms with van der Waals surface area (Å²) in [6.45, 7) is -0.143. The lowest BCUT2D eigenvalue weighted by atomic mass is 9.80. The number of aromatic nitrogens is 1. The summed E-state index contributed by atoms with van der Waals surface area (Å²) in [6.07, 6.45) is -7.34. The van der Waals surface area contributed by atoms with Gasteiger partial charge in [0.1, 0.15) is 17.5 Å². The summed E-state index contributed by atoms with van der Waals surface area (Å²) in [7, 11) is -4.49. The third kappa shape index (κ3) is 4.86. The van der Waals surface area contributed by atoms with Gasteiger partial charge < -0.3 is 4.74 Å². The van der Waals surface area contributed by atoms with Crippen molar-refractivity contribution in [3.8, 4) is 17.0 Å². The Morgan fingerprint density at radius 1 is 0.892 bits per heavy atom. The van der Waals surface area contributed by atoms with Crippen LogP contribution in [0.25, 0.3) is 11.3 Å². The number of sulfonamides is 1. The number of halogens is 6. The van der Waals surface area contributed by atoms with E-state index in [9.17, 15) is 34.8 Å². The molecular weight excluding hydrogens is 522 g/mol. The number of ether oxygens (including phenoxy) is 1. The maximum atomic E-state index is 13.7. The van der Waals surface area contributed by atoms with Crippen LogP contribution in [0.1, 0.15) is 30.5 Å². The summed E-state index contributed by atoms with van der Waals surface area (Å²) < 4.78 is 114. The number of nitrogens with zero attached hydrogens (tertiary/aromatic N) is 2. The highest BCUT2D eigenvalue weighted by Crippen LogP contribution is 2.44. The van der Waals surface area contributed by atoms with E-state index >= 15 is 0 Å². The molecule has 37 heavy (non-hydrogen) atoms. The normalized spacial score (nSPS) is 18.6. The Balaban J connectivity index is 1.61. The molecule has 1 aliphatic carbocycles. The zero-order valence-corrected chi connectivity index (χ0v) is 19.9. The maximum Gasteiger partial charge on any atom is 0.433 e. The summed E-state index contributed by atoms with van der Waals surface area (Å²) >= 11 is 0. The van der Waals surface area contributed by atoms with Crippen molar-refractivity contribution >= 4 is 15.7 Å². The second-order valence-corrected chi connectivity index (χ2v) is 10.9. The smallest absolute Gasteiger partial charge is 0.433 e. The zero-order chi connectivity index (χ0) is 26.6. The molecule has 196 valence electrons. The molecule has 0 amide bonds. The van der Waals surface area contributed by atoms with Crippen molar-refractivity contribution in [1.82, 2.24) is 4.98 Å². The van der Waals surface area contributed by atoms with Gasteiger partial charge in [-0.15, -0.1) is 0 Å². The lowest BCUT2D eigenvalue weighted by Gasteiger charge is -2.41. The number of hydrogen-bond acceptors (Lipinski definition) is 4. The summed E-state index contributed by atoms with van der Waals surface area (Å²) in [5, 5.41) is 0. The van der Waals surface area contributed by atoms with Crippen LogP contribution < -0.4 is 9.04 Å². The van der Waals surface area contributed by atoms with E-state index in [2.05, 4.69) is 4.98 Å². The second-order valence-electron chi connectivity index (χ2n) is 9.00. The fourth-order valence-corrected chi connectivity index (χ4v) is 5.96. The molecule has 2 heterocycles. The van der Waals surface area contributed by atoms with Gasteiger partial charge in [-0.05, 0) is 67.3 Å². The van der Waals surface area contributed by atoms with E-state index in [4.69, 9.17) is 4.74 Å². The van der Waals surface area contributed by atoms with Crippen LogP contribution in [-0.4, -0.2) is 26.1 Å². The van der Waals surface area contributed by atoms with Crippen molar-refractivity contribution in [2.24, 2.45) is 5.92 Å². The molecule has 0 N–H and O–H groups in total. The molecule has 5 nitrogen and oxygen atoms in total. The van der Waals surface area contributed by atoms with Gasteiger partial charge in [0.2, 0.25) is 0 Å². The number of benzene rings is 2. The fraction of sp³-hybridized carbons (Fsp3) is 0.320. The fourth-order valence-electron chi connectivity index (χ4n) is 4.43. The number of anilines is 1.